The van der Waals surface area contributed by atoms with Gasteiger partial charge in [0.15, 0.2) is 0 Å². The van der Waals surface area contributed by atoms with Gasteiger partial charge in [-0.05, 0) is 30.0 Å². The molecule has 0 saturated heterocycles. The summed E-state index contributed by atoms with van der Waals surface area (Å²) in [6.07, 6.45) is 1.28. The Bertz CT molecular complexity index is 332. The van der Waals surface area contributed by atoms with Gasteiger partial charge in [0.05, 0.1) is 6.20 Å². The zero-order chi connectivity index (χ0) is 10.3. The molecule has 76 valence electrons. The first-order valence-electron chi connectivity index (χ1n) is 4.89. The number of hydrogen-bond donors (Lipinski definition) is 1. The van der Waals surface area contributed by atoms with Gasteiger partial charge >= 0.3 is 0 Å². The van der Waals surface area contributed by atoms with E-state index in [0.29, 0.717) is 18.4 Å². The number of halogens is 1. The van der Waals surface area contributed by atoms with E-state index >= 15 is 0 Å². The number of hydrogen-bond acceptors (Lipinski definition) is 2. The molecule has 1 aliphatic carbocycles. The molecule has 1 aromatic rings. The molecule has 1 saturated carbocycles. The van der Waals surface area contributed by atoms with E-state index < -0.39 is 0 Å². The Morgan fingerprint density at radius 3 is 2.64 bits per heavy atom. The third-order valence-corrected chi connectivity index (χ3v) is 3.37. The second kappa shape index (κ2) is 3.02. The summed E-state index contributed by atoms with van der Waals surface area (Å²) < 4.78 is 12.7. The van der Waals surface area contributed by atoms with Crippen molar-refractivity contribution in [1.29, 1.82) is 0 Å². The van der Waals surface area contributed by atoms with E-state index in [1.165, 1.54) is 12.3 Å². The Morgan fingerprint density at radius 2 is 2.21 bits per heavy atom. The average Bonchev–Trinajstić information content (AvgIpc) is 2.69. The molecule has 0 unspecified atom stereocenters. The van der Waals surface area contributed by atoms with Crippen LogP contribution in [0.2, 0.25) is 0 Å². The van der Waals surface area contributed by atoms with Crippen molar-refractivity contribution in [3.8, 4) is 0 Å². The molecule has 0 aromatic carbocycles. The quantitative estimate of drug-likeness (QED) is 0.781. The second-order valence-electron chi connectivity index (χ2n) is 4.54. The molecule has 0 bridgehead atoms. The third-order valence-electron chi connectivity index (χ3n) is 3.37. The van der Waals surface area contributed by atoms with Crippen LogP contribution in [0.4, 0.5) is 4.39 Å². The van der Waals surface area contributed by atoms with Crippen molar-refractivity contribution >= 4 is 0 Å². The van der Waals surface area contributed by atoms with Gasteiger partial charge in [-0.2, -0.15) is 0 Å². The monoisotopic (exact) mass is 194 g/mol. The van der Waals surface area contributed by atoms with E-state index in [-0.39, 0.29) is 11.2 Å². The van der Waals surface area contributed by atoms with Gasteiger partial charge < -0.3 is 5.73 Å². The van der Waals surface area contributed by atoms with Crippen LogP contribution in [0.5, 0.6) is 0 Å². The van der Waals surface area contributed by atoms with Gasteiger partial charge in [0.25, 0.3) is 0 Å². The predicted octanol–water partition coefficient (Wildman–Crippen LogP) is 1.92. The first-order valence-corrected chi connectivity index (χ1v) is 4.89. The van der Waals surface area contributed by atoms with E-state index in [1.807, 2.05) is 0 Å². The van der Waals surface area contributed by atoms with E-state index in [2.05, 4.69) is 18.8 Å². The summed E-state index contributed by atoms with van der Waals surface area (Å²) in [5.74, 6) is 0.602. The Kier molecular flexibility index (Phi) is 2.07. The molecule has 14 heavy (non-hydrogen) atoms. The van der Waals surface area contributed by atoms with Crippen molar-refractivity contribution in [2.24, 2.45) is 17.1 Å². The lowest BCUT2D eigenvalue weighted by molar-refractivity contribution is 0.556. The molecular formula is C11H15FN2. The normalized spacial score (nSPS) is 28.9. The first kappa shape index (κ1) is 9.59. The highest BCUT2D eigenvalue weighted by Gasteiger charge is 2.57. The number of aromatic nitrogens is 1. The van der Waals surface area contributed by atoms with Crippen molar-refractivity contribution in [1.82, 2.24) is 4.98 Å². The standard InChI is InChI=1S/C11H15FN2/c1-11(2)8(5-13)10(11)9-4-3-7(12)6-14-9/h3-4,6,8,10H,5,13H2,1-2H3/t8-,10+/m1/s1. The van der Waals surface area contributed by atoms with Crippen LogP contribution >= 0.6 is 0 Å². The average molecular weight is 194 g/mol. The number of pyridine rings is 1. The fraction of sp³-hybridized carbons (Fsp3) is 0.545. The minimum absolute atomic E-state index is 0.222. The minimum Gasteiger partial charge on any atom is -0.330 e. The summed E-state index contributed by atoms with van der Waals surface area (Å²) in [5, 5.41) is 0. The zero-order valence-electron chi connectivity index (χ0n) is 8.50. The van der Waals surface area contributed by atoms with Crippen molar-refractivity contribution < 1.29 is 4.39 Å². The van der Waals surface area contributed by atoms with Crippen LogP contribution in [-0.2, 0) is 0 Å². The number of nitrogens with zero attached hydrogens (tertiary/aromatic N) is 1. The maximum Gasteiger partial charge on any atom is 0.141 e. The van der Waals surface area contributed by atoms with Gasteiger partial charge in [0.1, 0.15) is 5.82 Å². The highest BCUT2D eigenvalue weighted by atomic mass is 19.1. The maximum absolute atomic E-state index is 12.7. The van der Waals surface area contributed by atoms with E-state index in [4.69, 9.17) is 5.73 Å². The lowest BCUT2D eigenvalue weighted by Gasteiger charge is -2.01. The highest BCUT2D eigenvalue weighted by Crippen LogP contribution is 2.63. The van der Waals surface area contributed by atoms with Crippen LogP contribution in [0.25, 0.3) is 0 Å². The molecule has 3 heteroatoms. The molecule has 2 N–H and O–H groups in total. The molecule has 1 fully saturated rings. The Hall–Kier alpha value is -0.960. The number of nitrogens with two attached hydrogens (primary N) is 1. The first-order chi connectivity index (χ1) is 6.57. The third kappa shape index (κ3) is 1.32. The van der Waals surface area contributed by atoms with Gasteiger partial charge in [-0.1, -0.05) is 13.8 Å². The molecular weight excluding hydrogens is 179 g/mol. The lowest BCUT2D eigenvalue weighted by atomic mass is 10.1. The molecule has 1 aliphatic rings. The Labute approximate surface area is 83.3 Å². The van der Waals surface area contributed by atoms with Crippen LogP contribution < -0.4 is 5.73 Å². The number of rotatable bonds is 2. The topological polar surface area (TPSA) is 38.9 Å². The molecule has 0 aliphatic heterocycles. The summed E-state index contributed by atoms with van der Waals surface area (Å²) in [5.41, 5.74) is 6.85. The molecule has 0 amide bonds. The smallest absolute Gasteiger partial charge is 0.141 e. The van der Waals surface area contributed by atoms with Crippen molar-refractivity contribution in [2.75, 3.05) is 6.54 Å². The predicted molar refractivity (Wildman–Crippen MR) is 53.3 cm³/mol. The molecule has 2 nitrogen and oxygen atoms in total. The fourth-order valence-corrected chi connectivity index (χ4v) is 2.34. The van der Waals surface area contributed by atoms with Crippen molar-refractivity contribution in [3.63, 3.8) is 0 Å². The maximum atomic E-state index is 12.7. The summed E-state index contributed by atoms with van der Waals surface area (Å²) in [7, 11) is 0. The van der Waals surface area contributed by atoms with Crippen LogP contribution in [0.3, 0.4) is 0 Å². The largest absolute Gasteiger partial charge is 0.330 e. The van der Waals surface area contributed by atoms with Gasteiger partial charge in [-0.15, -0.1) is 0 Å². The molecule has 1 aromatic heterocycles. The van der Waals surface area contributed by atoms with Crippen molar-refractivity contribution in [2.45, 2.75) is 19.8 Å². The highest BCUT2D eigenvalue weighted by molar-refractivity contribution is 5.26. The molecule has 1 heterocycles. The Balaban J connectivity index is 2.22. The van der Waals surface area contributed by atoms with Crippen LogP contribution in [0.1, 0.15) is 25.5 Å². The molecule has 2 atom stereocenters. The molecule has 2 rings (SSSR count). The van der Waals surface area contributed by atoms with Crippen molar-refractivity contribution in [3.05, 3.63) is 29.8 Å². The van der Waals surface area contributed by atoms with Gasteiger partial charge in [0.2, 0.25) is 0 Å². The molecule has 0 spiro atoms. The minimum atomic E-state index is -0.281. The van der Waals surface area contributed by atoms with Gasteiger partial charge in [-0.25, -0.2) is 4.39 Å². The van der Waals surface area contributed by atoms with E-state index in [0.717, 1.165) is 5.69 Å². The summed E-state index contributed by atoms with van der Waals surface area (Å²) in [6.45, 7) is 5.04. The SMILES string of the molecule is CC1(C)[C@H](CN)[C@H]1c1ccc(F)cn1. The summed E-state index contributed by atoms with van der Waals surface area (Å²) in [6, 6.07) is 3.22. The Morgan fingerprint density at radius 1 is 1.50 bits per heavy atom. The lowest BCUT2D eigenvalue weighted by Crippen LogP contribution is -2.05. The zero-order valence-corrected chi connectivity index (χ0v) is 8.50. The second-order valence-corrected chi connectivity index (χ2v) is 4.54. The van der Waals surface area contributed by atoms with Crippen LogP contribution in [0, 0.1) is 17.2 Å². The molecule has 0 radical (unpaired) electrons. The van der Waals surface area contributed by atoms with Gasteiger partial charge in [0, 0.05) is 11.6 Å². The fourth-order valence-electron chi connectivity index (χ4n) is 2.34. The van der Waals surface area contributed by atoms with Gasteiger partial charge in [-0.3, -0.25) is 4.98 Å². The van der Waals surface area contributed by atoms with Crippen LogP contribution in [-0.4, -0.2) is 11.5 Å². The van der Waals surface area contributed by atoms with Crippen LogP contribution in [0.15, 0.2) is 18.3 Å². The summed E-state index contributed by atoms with van der Waals surface area (Å²) >= 11 is 0. The van der Waals surface area contributed by atoms with E-state index in [1.54, 1.807) is 6.07 Å². The van der Waals surface area contributed by atoms with E-state index in [9.17, 15) is 4.39 Å². The summed E-state index contributed by atoms with van der Waals surface area (Å²) in [4.78, 5) is 4.10.